The van der Waals surface area contributed by atoms with E-state index in [9.17, 15) is 13.2 Å². The average molecular weight is 312 g/mol. The molecule has 2 nitrogen and oxygen atoms in total. The molecule has 1 aromatic rings. The van der Waals surface area contributed by atoms with Crippen molar-refractivity contribution in [1.82, 2.24) is 0 Å². The van der Waals surface area contributed by atoms with E-state index in [-0.39, 0.29) is 6.61 Å². The highest BCUT2D eigenvalue weighted by Gasteiger charge is 2.27. The molecule has 0 fully saturated rings. The van der Waals surface area contributed by atoms with Gasteiger partial charge >= 0.3 is 6.18 Å². The molecule has 1 rings (SSSR count). The van der Waals surface area contributed by atoms with Gasteiger partial charge in [0.05, 0.1) is 6.61 Å². The Kier molecular flexibility index (Phi) is 5.27. The lowest BCUT2D eigenvalue weighted by atomic mass is 10.2. The molecule has 17 heavy (non-hydrogen) atoms. The summed E-state index contributed by atoms with van der Waals surface area (Å²) in [5.74, 6) is 0. The first-order chi connectivity index (χ1) is 7.88. The highest BCUT2D eigenvalue weighted by atomic mass is 79.9. The number of hydrogen-bond donors (Lipinski definition) is 1. The van der Waals surface area contributed by atoms with Crippen LogP contribution in [0.25, 0.3) is 0 Å². The van der Waals surface area contributed by atoms with Crippen LogP contribution in [0.1, 0.15) is 5.56 Å². The van der Waals surface area contributed by atoms with E-state index in [2.05, 4.69) is 26.0 Å². The maximum Gasteiger partial charge on any atom is 0.411 e. The number of halogens is 4. The van der Waals surface area contributed by atoms with Crippen LogP contribution >= 0.6 is 15.9 Å². The first kappa shape index (κ1) is 14.3. The molecule has 0 saturated heterocycles. The van der Waals surface area contributed by atoms with Crippen molar-refractivity contribution < 1.29 is 17.9 Å². The highest BCUT2D eigenvalue weighted by molar-refractivity contribution is 9.10. The second-order valence-electron chi connectivity index (χ2n) is 3.58. The Bertz CT molecular complexity index is 368. The van der Waals surface area contributed by atoms with Crippen molar-refractivity contribution in [3.63, 3.8) is 0 Å². The lowest BCUT2D eigenvalue weighted by Crippen LogP contribution is -2.20. The van der Waals surface area contributed by atoms with E-state index in [0.717, 1.165) is 15.7 Å². The molecule has 0 amide bonds. The predicted octanol–water partition coefficient (Wildman–Crippen LogP) is 3.75. The Labute approximate surface area is 106 Å². The van der Waals surface area contributed by atoms with Crippen molar-refractivity contribution in [2.24, 2.45) is 0 Å². The van der Waals surface area contributed by atoms with Gasteiger partial charge in [0.1, 0.15) is 6.61 Å². The van der Waals surface area contributed by atoms with Gasteiger partial charge in [-0.2, -0.15) is 13.2 Å². The molecule has 96 valence electrons. The zero-order valence-electron chi connectivity index (χ0n) is 9.27. The molecule has 1 aromatic carbocycles. The second-order valence-corrected chi connectivity index (χ2v) is 4.43. The predicted molar refractivity (Wildman–Crippen MR) is 64.2 cm³/mol. The fourth-order valence-corrected chi connectivity index (χ4v) is 1.61. The zero-order valence-corrected chi connectivity index (χ0v) is 10.9. The fourth-order valence-electron chi connectivity index (χ4n) is 1.22. The minimum Gasteiger partial charge on any atom is -0.382 e. The van der Waals surface area contributed by atoms with E-state index < -0.39 is 12.8 Å². The van der Waals surface area contributed by atoms with E-state index >= 15 is 0 Å². The summed E-state index contributed by atoms with van der Waals surface area (Å²) in [6.45, 7) is 1.08. The van der Waals surface area contributed by atoms with Crippen LogP contribution in [0, 0.1) is 6.92 Å². The number of alkyl halides is 3. The van der Waals surface area contributed by atoms with Gasteiger partial charge in [-0.15, -0.1) is 0 Å². The third kappa shape index (κ3) is 5.93. The standard InChI is InChI=1S/C11H13BrF3NO/c1-8-2-3-9(12)10(6-8)16-4-5-17-7-11(13,14)15/h2-3,6,16H,4-5,7H2,1H3. The van der Waals surface area contributed by atoms with Crippen molar-refractivity contribution in [2.75, 3.05) is 25.1 Å². The molecule has 0 radical (unpaired) electrons. The molecule has 0 bridgehead atoms. The normalized spacial score (nSPS) is 11.6. The molecule has 0 aliphatic carbocycles. The van der Waals surface area contributed by atoms with Gasteiger partial charge in [-0.3, -0.25) is 0 Å². The monoisotopic (exact) mass is 311 g/mol. The lowest BCUT2D eigenvalue weighted by Gasteiger charge is -2.11. The molecule has 0 heterocycles. The minimum atomic E-state index is -4.26. The summed E-state index contributed by atoms with van der Waals surface area (Å²) >= 11 is 3.35. The largest absolute Gasteiger partial charge is 0.411 e. The molecular formula is C11H13BrF3NO. The third-order valence-corrected chi connectivity index (χ3v) is 2.64. The summed E-state index contributed by atoms with van der Waals surface area (Å²) in [4.78, 5) is 0. The van der Waals surface area contributed by atoms with Crippen LogP contribution in [0.4, 0.5) is 18.9 Å². The Morgan fingerprint density at radius 2 is 2.06 bits per heavy atom. The number of aryl methyl sites for hydroxylation is 1. The summed E-state index contributed by atoms with van der Waals surface area (Å²) in [5, 5.41) is 3.00. The Hall–Kier alpha value is -0.750. The van der Waals surface area contributed by atoms with E-state index in [4.69, 9.17) is 0 Å². The molecule has 1 N–H and O–H groups in total. The van der Waals surface area contributed by atoms with Gasteiger partial charge in [0.25, 0.3) is 0 Å². The Morgan fingerprint density at radius 1 is 1.35 bits per heavy atom. The summed E-state index contributed by atoms with van der Waals surface area (Å²) in [5.41, 5.74) is 1.92. The summed E-state index contributed by atoms with van der Waals surface area (Å²) in [7, 11) is 0. The number of rotatable bonds is 5. The van der Waals surface area contributed by atoms with Crippen LogP contribution < -0.4 is 5.32 Å². The minimum absolute atomic E-state index is 0.0138. The average Bonchev–Trinajstić information content (AvgIpc) is 2.21. The topological polar surface area (TPSA) is 21.3 Å². The zero-order chi connectivity index (χ0) is 12.9. The summed E-state index contributed by atoms with van der Waals surface area (Å²) in [6.07, 6.45) is -4.26. The molecule has 0 aliphatic rings. The van der Waals surface area contributed by atoms with Gasteiger partial charge in [-0.25, -0.2) is 0 Å². The van der Waals surface area contributed by atoms with E-state index in [1.165, 1.54) is 0 Å². The van der Waals surface area contributed by atoms with Crippen molar-refractivity contribution in [3.8, 4) is 0 Å². The first-order valence-corrected chi connectivity index (χ1v) is 5.82. The molecule has 0 unspecified atom stereocenters. The van der Waals surface area contributed by atoms with Crippen molar-refractivity contribution in [1.29, 1.82) is 0 Å². The van der Waals surface area contributed by atoms with E-state index in [1.807, 2.05) is 25.1 Å². The molecule has 0 aliphatic heterocycles. The van der Waals surface area contributed by atoms with Crippen LogP contribution in [0.15, 0.2) is 22.7 Å². The van der Waals surface area contributed by atoms with Crippen LogP contribution in [-0.2, 0) is 4.74 Å². The molecule has 0 atom stereocenters. The van der Waals surface area contributed by atoms with Crippen molar-refractivity contribution >= 4 is 21.6 Å². The SMILES string of the molecule is Cc1ccc(Br)c(NCCOCC(F)(F)F)c1. The van der Waals surface area contributed by atoms with Crippen LogP contribution in [-0.4, -0.2) is 25.9 Å². The van der Waals surface area contributed by atoms with Gasteiger partial charge in [0.2, 0.25) is 0 Å². The number of nitrogens with one attached hydrogen (secondary N) is 1. The summed E-state index contributed by atoms with van der Waals surface area (Å²) in [6, 6.07) is 5.73. The van der Waals surface area contributed by atoms with Gasteiger partial charge < -0.3 is 10.1 Å². The quantitative estimate of drug-likeness (QED) is 0.836. The van der Waals surface area contributed by atoms with Gasteiger partial charge in [0.15, 0.2) is 0 Å². The van der Waals surface area contributed by atoms with Crippen LogP contribution in [0.5, 0.6) is 0 Å². The number of anilines is 1. The summed E-state index contributed by atoms with van der Waals surface area (Å²) < 4.78 is 40.7. The van der Waals surface area contributed by atoms with Crippen LogP contribution in [0.3, 0.4) is 0 Å². The lowest BCUT2D eigenvalue weighted by molar-refractivity contribution is -0.172. The molecular weight excluding hydrogens is 299 g/mol. The van der Waals surface area contributed by atoms with E-state index in [1.54, 1.807) is 0 Å². The molecule has 6 heteroatoms. The molecule has 0 saturated carbocycles. The Morgan fingerprint density at radius 3 is 2.71 bits per heavy atom. The van der Waals surface area contributed by atoms with Crippen molar-refractivity contribution in [2.45, 2.75) is 13.1 Å². The van der Waals surface area contributed by atoms with Gasteiger partial charge in [0, 0.05) is 16.7 Å². The number of hydrogen-bond acceptors (Lipinski definition) is 2. The van der Waals surface area contributed by atoms with Gasteiger partial charge in [-0.1, -0.05) is 6.07 Å². The smallest absolute Gasteiger partial charge is 0.382 e. The number of benzene rings is 1. The third-order valence-electron chi connectivity index (χ3n) is 1.95. The first-order valence-electron chi connectivity index (χ1n) is 5.03. The number of ether oxygens (including phenoxy) is 1. The van der Waals surface area contributed by atoms with Gasteiger partial charge in [-0.05, 0) is 40.5 Å². The molecule has 0 spiro atoms. The Balaban J connectivity index is 2.29. The molecule has 0 aromatic heterocycles. The second kappa shape index (κ2) is 6.26. The fraction of sp³-hybridized carbons (Fsp3) is 0.455. The van der Waals surface area contributed by atoms with Crippen LogP contribution in [0.2, 0.25) is 0 Å². The van der Waals surface area contributed by atoms with E-state index in [0.29, 0.717) is 6.54 Å². The maximum absolute atomic E-state index is 11.8. The van der Waals surface area contributed by atoms with Crippen molar-refractivity contribution in [3.05, 3.63) is 28.2 Å². The highest BCUT2D eigenvalue weighted by Crippen LogP contribution is 2.23. The maximum atomic E-state index is 11.8.